The number of nitrogens with zero attached hydrogens (tertiary/aromatic N) is 1. The van der Waals surface area contributed by atoms with E-state index >= 15 is 0 Å². The standard InChI is InChI=1S/C24H34N4O2/c1-24(2,3)25-22(29)17-26(4)18-23(30)28-14-12-27(13-15-28)16-20-10-7-9-19-8-5-6-11-21(19)20/h5-11H,12-18H2,1-4H3,(H,25,29)/p+2. The van der Waals surface area contributed by atoms with E-state index in [1.165, 1.54) is 21.2 Å². The second-order valence-corrected chi connectivity index (χ2v) is 9.55. The number of carbonyl (C=O) groups is 2. The minimum atomic E-state index is -0.245. The molecule has 2 amide bonds. The second-order valence-electron chi connectivity index (χ2n) is 9.55. The highest BCUT2D eigenvalue weighted by Gasteiger charge is 2.27. The zero-order chi connectivity index (χ0) is 21.7. The predicted octanol–water partition coefficient (Wildman–Crippen LogP) is -0.504. The number of carbonyl (C=O) groups excluding carboxylic acids is 2. The van der Waals surface area contributed by atoms with Gasteiger partial charge in [0.05, 0.1) is 33.2 Å². The van der Waals surface area contributed by atoms with E-state index in [1.54, 1.807) is 0 Å². The number of rotatable bonds is 6. The fourth-order valence-electron chi connectivity index (χ4n) is 4.13. The normalized spacial score (nSPS) is 16.5. The van der Waals surface area contributed by atoms with Crippen molar-refractivity contribution in [3.8, 4) is 0 Å². The first kappa shape index (κ1) is 22.2. The van der Waals surface area contributed by atoms with Crippen LogP contribution in [0.15, 0.2) is 42.5 Å². The highest BCUT2D eigenvalue weighted by atomic mass is 16.2. The number of hydrogen-bond acceptors (Lipinski definition) is 2. The Kier molecular flexibility index (Phi) is 7.10. The van der Waals surface area contributed by atoms with Crippen LogP contribution in [0.2, 0.25) is 0 Å². The van der Waals surface area contributed by atoms with Crippen molar-refractivity contribution in [1.82, 2.24) is 10.2 Å². The quantitative estimate of drug-likeness (QED) is 0.599. The molecule has 1 unspecified atom stereocenters. The number of amides is 2. The van der Waals surface area contributed by atoms with Gasteiger partial charge < -0.3 is 20.0 Å². The Morgan fingerprint density at radius 1 is 1.03 bits per heavy atom. The zero-order valence-electron chi connectivity index (χ0n) is 18.8. The van der Waals surface area contributed by atoms with Gasteiger partial charge >= 0.3 is 0 Å². The Morgan fingerprint density at radius 3 is 2.40 bits per heavy atom. The van der Waals surface area contributed by atoms with Gasteiger partial charge in [-0.3, -0.25) is 9.59 Å². The third-order valence-corrected chi connectivity index (χ3v) is 5.57. The molecule has 0 bridgehead atoms. The summed E-state index contributed by atoms with van der Waals surface area (Å²) < 4.78 is 0. The van der Waals surface area contributed by atoms with Gasteiger partial charge in [0.2, 0.25) is 0 Å². The van der Waals surface area contributed by atoms with Crippen LogP contribution in [0.4, 0.5) is 0 Å². The zero-order valence-corrected chi connectivity index (χ0v) is 18.8. The lowest BCUT2D eigenvalue weighted by Crippen LogP contribution is -3.14. The molecule has 6 heteroatoms. The smallest absolute Gasteiger partial charge is 0.278 e. The van der Waals surface area contributed by atoms with Gasteiger partial charge in [-0.15, -0.1) is 0 Å². The summed E-state index contributed by atoms with van der Waals surface area (Å²) in [6.45, 7) is 11.0. The van der Waals surface area contributed by atoms with E-state index in [0.29, 0.717) is 13.1 Å². The molecule has 2 aromatic carbocycles. The Hall–Kier alpha value is -2.44. The fraction of sp³-hybridized carbons (Fsp3) is 0.500. The van der Waals surface area contributed by atoms with E-state index in [0.717, 1.165) is 37.6 Å². The first-order valence-electron chi connectivity index (χ1n) is 10.9. The van der Waals surface area contributed by atoms with E-state index in [9.17, 15) is 9.59 Å². The lowest BCUT2D eigenvalue weighted by Gasteiger charge is -2.32. The largest absolute Gasteiger partial charge is 0.347 e. The molecule has 0 saturated carbocycles. The summed E-state index contributed by atoms with van der Waals surface area (Å²) in [4.78, 5) is 29.1. The van der Waals surface area contributed by atoms with Crippen LogP contribution >= 0.6 is 0 Å². The molecule has 2 aromatic rings. The monoisotopic (exact) mass is 412 g/mol. The van der Waals surface area contributed by atoms with Gasteiger partial charge in [-0.25, -0.2) is 0 Å². The second kappa shape index (κ2) is 9.58. The number of quaternary nitrogens is 2. The molecule has 6 nitrogen and oxygen atoms in total. The van der Waals surface area contributed by atoms with Crippen LogP contribution in [-0.4, -0.2) is 68.6 Å². The molecule has 1 aliphatic heterocycles. The molecule has 0 aromatic heterocycles. The summed E-state index contributed by atoms with van der Waals surface area (Å²) in [7, 11) is 1.90. The maximum Gasteiger partial charge on any atom is 0.278 e. The van der Waals surface area contributed by atoms with Crippen molar-refractivity contribution in [3.63, 3.8) is 0 Å². The molecular weight excluding hydrogens is 376 g/mol. The molecule has 162 valence electrons. The van der Waals surface area contributed by atoms with E-state index in [-0.39, 0.29) is 17.4 Å². The van der Waals surface area contributed by atoms with Gasteiger partial charge in [0.1, 0.15) is 6.54 Å². The van der Waals surface area contributed by atoms with E-state index in [2.05, 4.69) is 47.8 Å². The van der Waals surface area contributed by atoms with E-state index in [4.69, 9.17) is 0 Å². The molecule has 0 radical (unpaired) electrons. The Labute approximate surface area is 179 Å². The Balaban J connectivity index is 1.47. The van der Waals surface area contributed by atoms with Crippen molar-refractivity contribution in [2.45, 2.75) is 32.9 Å². The summed E-state index contributed by atoms with van der Waals surface area (Å²) in [6, 6.07) is 15.0. The molecule has 1 fully saturated rings. The Morgan fingerprint density at radius 2 is 1.70 bits per heavy atom. The van der Waals surface area contributed by atoms with Gasteiger partial charge in [-0.05, 0) is 31.5 Å². The van der Waals surface area contributed by atoms with Crippen molar-refractivity contribution in [2.75, 3.05) is 46.3 Å². The molecule has 0 aliphatic carbocycles. The number of piperazine rings is 1. The van der Waals surface area contributed by atoms with Gasteiger partial charge in [-0.1, -0.05) is 42.5 Å². The van der Waals surface area contributed by atoms with Crippen LogP contribution in [0.5, 0.6) is 0 Å². The Bertz CT molecular complexity index is 877. The lowest BCUT2D eigenvalue weighted by atomic mass is 10.0. The van der Waals surface area contributed by atoms with Crippen molar-refractivity contribution in [1.29, 1.82) is 0 Å². The average molecular weight is 413 g/mol. The highest BCUT2D eigenvalue weighted by molar-refractivity contribution is 5.85. The first-order valence-corrected chi connectivity index (χ1v) is 10.9. The van der Waals surface area contributed by atoms with Crippen molar-refractivity contribution < 1.29 is 19.4 Å². The molecule has 1 aliphatic rings. The molecule has 1 heterocycles. The van der Waals surface area contributed by atoms with Crippen LogP contribution < -0.4 is 15.1 Å². The number of nitrogens with one attached hydrogen (secondary N) is 3. The van der Waals surface area contributed by atoms with Gasteiger partial charge in [0, 0.05) is 11.1 Å². The lowest BCUT2D eigenvalue weighted by molar-refractivity contribution is -0.917. The van der Waals surface area contributed by atoms with Gasteiger partial charge in [0.25, 0.3) is 11.8 Å². The summed E-state index contributed by atoms with van der Waals surface area (Å²) in [5.74, 6) is 0.123. The third-order valence-electron chi connectivity index (χ3n) is 5.57. The van der Waals surface area contributed by atoms with Crippen molar-refractivity contribution in [3.05, 3.63) is 48.0 Å². The number of likely N-dealkylation sites (N-methyl/N-ethyl adjacent to an activating group) is 1. The van der Waals surface area contributed by atoms with Crippen LogP contribution in [0.1, 0.15) is 26.3 Å². The van der Waals surface area contributed by atoms with Crippen LogP contribution in [0.3, 0.4) is 0 Å². The summed E-state index contributed by atoms with van der Waals surface area (Å²) in [5, 5.41) is 5.56. The molecule has 1 atom stereocenters. The molecule has 3 rings (SSSR count). The first-order chi connectivity index (χ1) is 14.2. The molecule has 1 saturated heterocycles. The predicted molar refractivity (Wildman–Crippen MR) is 119 cm³/mol. The van der Waals surface area contributed by atoms with Crippen LogP contribution in [-0.2, 0) is 16.1 Å². The maximum atomic E-state index is 12.7. The molecular formula is C24H36N4O2+2. The SMILES string of the molecule is C[NH+](CC(=O)NC(C)(C)C)CC(=O)N1CC[NH+](Cc2cccc3ccccc23)CC1. The van der Waals surface area contributed by atoms with Crippen molar-refractivity contribution >= 4 is 22.6 Å². The molecule has 0 spiro atoms. The van der Waals surface area contributed by atoms with Crippen LogP contribution in [0, 0.1) is 0 Å². The van der Waals surface area contributed by atoms with E-state index < -0.39 is 0 Å². The summed E-state index contributed by atoms with van der Waals surface area (Å²) in [6.07, 6.45) is 0. The molecule has 30 heavy (non-hydrogen) atoms. The van der Waals surface area contributed by atoms with E-state index in [1.807, 2.05) is 32.7 Å². The summed E-state index contributed by atoms with van der Waals surface area (Å²) in [5.41, 5.74) is 1.13. The summed E-state index contributed by atoms with van der Waals surface area (Å²) >= 11 is 0. The number of hydrogen-bond donors (Lipinski definition) is 3. The minimum absolute atomic E-state index is 0.0165. The average Bonchev–Trinajstić information content (AvgIpc) is 2.67. The van der Waals surface area contributed by atoms with Gasteiger partial charge in [0.15, 0.2) is 13.1 Å². The van der Waals surface area contributed by atoms with Gasteiger partial charge in [-0.2, -0.15) is 0 Å². The number of benzene rings is 2. The van der Waals surface area contributed by atoms with Crippen molar-refractivity contribution in [2.24, 2.45) is 0 Å². The highest BCUT2D eigenvalue weighted by Crippen LogP contribution is 2.17. The maximum absolute atomic E-state index is 12.7. The molecule has 3 N–H and O–H groups in total. The number of fused-ring (bicyclic) bond motifs is 1. The fourth-order valence-corrected chi connectivity index (χ4v) is 4.13. The minimum Gasteiger partial charge on any atom is -0.347 e. The third kappa shape index (κ3) is 6.28. The van der Waals surface area contributed by atoms with Crippen LogP contribution in [0.25, 0.3) is 10.8 Å². The topological polar surface area (TPSA) is 58.3 Å².